The van der Waals surface area contributed by atoms with Crippen LogP contribution in [-0.4, -0.2) is 20.9 Å². The van der Waals surface area contributed by atoms with Gasteiger partial charge in [0, 0.05) is 23.7 Å². The Bertz CT molecular complexity index is 474. The minimum Gasteiger partial charge on any atom is -0.481 e. The smallest absolute Gasteiger partial charge is 0.307 e. The third-order valence-electron chi connectivity index (χ3n) is 4.14. The summed E-state index contributed by atoms with van der Waals surface area (Å²) in [7, 11) is 0. The van der Waals surface area contributed by atoms with E-state index in [0.29, 0.717) is 0 Å². The first-order valence-corrected chi connectivity index (χ1v) is 6.09. The van der Waals surface area contributed by atoms with Gasteiger partial charge in [-0.1, -0.05) is 13.8 Å². The lowest BCUT2D eigenvalue weighted by atomic mass is 10.0. The molecule has 2 rings (SSSR count). The number of carboxylic acids is 1. The molecule has 0 spiro atoms. The van der Waals surface area contributed by atoms with Crippen molar-refractivity contribution < 1.29 is 9.90 Å². The molecular formula is C13H20N2O2. The Hall–Kier alpha value is -1.32. The van der Waals surface area contributed by atoms with Gasteiger partial charge in [0.2, 0.25) is 0 Å². The Morgan fingerprint density at radius 2 is 2.06 bits per heavy atom. The van der Waals surface area contributed by atoms with Crippen molar-refractivity contribution in [2.45, 2.75) is 47.1 Å². The third-order valence-corrected chi connectivity index (χ3v) is 4.14. The van der Waals surface area contributed by atoms with Gasteiger partial charge in [-0.15, -0.1) is 0 Å². The standard InChI is InChI=1S/C13H20N2O2/c1-6-15-8(3)9(7(2)14-15)10-11(12(16)17)13(10,4)5/h10-11H,6H2,1-5H3,(H,16,17)/t10-,11+/m0/s1. The predicted octanol–water partition coefficient (Wildman–Crippen LogP) is 2.34. The van der Waals surface area contributed by atoms with Gasteiger partial charge in [0.1, 0.15) is 0 Å². The van der Waals surface area contributed by atoms with Crippen LogP contribution in [0.25, 0.3) is 0 Å². The van der Waals surface area contributed by atoms with Crippen molar-refractivity contribution in [1.82, 2.24) is 9.78 Å². The molecule has 0 aliphatic heterocycles. The van der Waals surface area contributed by atoms with Crippen LogP contribution in [0.4, 0.5) is 0 Å². The molecule has 0 radical (unpaired) electrons. The van der Waals surface area contributed by atoms with Gasteiger partial charge in [0.15, 0.2) is 0 Å². The van der Waals surface area contributed by atoms with Gasteiger partial charge in [-0.2, -0.15) is 5.10 Å². The minimum atomic E-state index is -0.692. The van der Waals surface area contributed by atoms with Crippen LogP contribution in [0.5, 0.6) is 0 Å². The lowest BCUT2D eigenvalue weighted by Gasteiger charge is -2.04. The molecule has 1 aromatic rings. The topological polar surface area (TPSA) is 55.1 Å². The van der Waals surface area contributed by atoms with Crippen LogP contribution in [-0.2, 0) is 11.3 Å². The van der Waals surface area contributed by atoms with Crippen LogP contribution in [0.15, 0.2) is 0 Å². The van der Waals surface area contributed by atoms with Crippen LogP contribution >= 0.6 is 0 Å². The molecule has 1 aliphatic carbocycles. The van der Waals surface area contributed by atoms with Gasteiger partial charge in [-0.05, 0) is 26.2 Å². The highest BCUT2D eigenvalue weighted by atomic mass is 16.4. The van der Waals surface area contributed by atoms with Gasteiger partial charge < -0.3 is 5.11 Å². The Morgan fingerprint density at radius 1 is 1.47 bits per heavy atom. The van der Waals surface area contributed by atoms with Gasteiger partial charge in [0.05, 0.1) is 11.6 Å². The van der Waals surface area contributed by atoms with E-state index < -0.39 is 5.97 Å². The Morgan fingerprint density at radius 3 is 2.41 bits per heavy atom. The molecule has 0 bridgehead atoms. The fourth-order valence-electron chi connectivity index (χ4n) is 3.11. The maximum Gasteiger partial charge on any atom is 0.307 e. The average Bonchev–Trinajstić information content (AvgIpc) is 2.65. The first-order chi connectivity index (χ1) is 7.82. The zero-order valence-corrected chi connectivity index (χ0v) is 11.1. The lowest BCUT2D eigenvalue weighted by molar-refractivity contribution is -0.139. The Balaban J connectivity index is 2.43. The number of aromatic nitrogens is 2. The van der Waals surface area contributed by atoms with E-state index >= 15 is 0 Å². The third kappa shape index (κ3) is 1.58. The van der Waals surface area contributed by atoms with Crippen molar-refractivity contribution in [2.75, 3.05) is 0 Å². The maximum atomic E-state index is 11.2. The summed E-state index contributed by atoms with van der Waals surface area (Å²) in [6.45, 7) is 10.9. The van der Waals surface area contributed by atoms with E-state index in [1.807, 2.05) is 32.4 Å². The van der Waals surface area contributed by atoms with E-state index in [-0.39, 0.29) is 17.3 Å². The summed E-state index contributed by atoms with van der Waals surface area (Å²) in [6.07, 6.45) is 0. The second-order valence-electron chi connectivity index (χ2n) is 5.52. The van der Waals surface area contributed by atoms with Crippen LogP contribution in [0.1, 0.15) is 43.6 Å². The largest absolute Gasteiger partial charge is 0.481 e. The molecule has 1 N–H and O–H groups in total. The first-order valence-electron chi connectivity index (χ1n) is 6.09. The van der Waals surface area contributed by atoms with E-state index in [2.05, 4.69) is 12.0 Å². The number of aryl methyl sites for hydroxylation is 2. The van der Waals surface area contributed by atoms with E-state index in [4.69, 9.17) is 0 Å². The summed E-state index contributed by atoms with van der Waals surface area (Å²) in [5.74, 6) is -0.849. The molecule has 1 aromatic heterocycles. The number of nitrogens with zero attached hydrogens (tertiary/aromatic N) is 2. The summed E-state index contributed by atoms with van der Waals surface area (Å²) in [5.41, 5.74) is 3.09. The first kappa shape index (κ1) is 12.1. The number of aliphatic carboxylic acids is 1. The number of hydrogen-bond acceptors (Lipinski definition) is 2. The monoisotopic (exact) mass is 236 g/mol. The molecule has 1 saturated carbocycles. The average molecular weight is 236 g/mol. The van der Waals surface area contributed by atoms with Crippen molar-refractivity contribution in [3.05, 3.63) is 17.0 Å². The zero-order valence-electron chi connectivity index (χ0n) is 11.1. The SMILES string of the molecule is CCn1nc(C)c([C@H]2[C@H](C(=O)O)C2(C)C)c1C. The normalized spacial score (nSPS) is 25.9. The minimum absolute atomic E-state index is 0.111. The maximum absolute atomic E-state index is 11.2. The summed E-state index contributed by atoms with van der Waals surface area (Å²) in [6, 6.07) is 0. The molecule has 17 heavy (non-hydrogen) atoms. The quantitative estimate of drug-likeness (QED) is 0.876. The molecule has 94 valence electrons. The van der Waals surface area contributed by atoms with Gasteiger partial charge in [0.25, 0.3) is 0 Å². The molecule has 4 heteroatoms. The predicted molar refractivity (Wildman–Crippen MR) is 65.0 cm³/mol. The number of rotatable bonds is 3. The number of hydrogen-bond donors (Lipinski definition) is 1. The van der Waals surface area contributed by atoms with E-state index in [0.717, 1.165) is 23.5 Å². The van der Waals surface area contributed by atoms with Crippen molar-refractivity contribution in [3.8, 4) is 0 Å². The van der Waals surface area contributed by atoms with E-state index in [1.165, 1.54) is 0 Å². The highest BCUT2D eigenvalue weighted by molar-refractivity contribution is 5.78. The molecule has 4 nitrogen and oxygen atoms in total. The Labute approximate surface area is 102 Å². The molecule has 1 heterocycles. The fourth-order valence-corrected chi connectivity index (χ4v) is 3.11. The van der Waals surface area contributed by atoms with Crippen LogP contribution in [0.2, 0.25) is 0 Å². The molecule has 0 amide bonds. The number of carboxylic acid groups (broad SMARTS) is 1. The fraction of sp³-hybridized carbons (Fsp3) is 0.692. The van der Waals surface area contributed by atoms with Crippen LogP contribution in [0.3, 0.4) is 0 Å². The summed E-state index contributed by atoms with van der Waals surface area (Å²) >= 11 is 0. The van der Waals surface area contributed by atoms with Crippen molar-refractivity contribution >= 4 is 5.97 Å². The number of carbonyl (C=O) groups is 1. The van der Waals surface area contributed by atoms with E-state index in [9.17, 15) is 9.90 Å². The van der Waals surface area contributed by atoms with Gasteiger partial charge in [-0.25, -0.2) is 0 Å². The molecule has 1 fully saturated rings. The highest BCUT2D eigenvalue weighted by Gasteiger charge is 2.63. The molecule has 0 saturated heterocycles. The van der Waals surface area contributed by atoms with E-state index in [1.54, 1.807) is 0 Å². The molecule has 1 aliphatic rings. The highest BCUT2D eigenvalue weighted by Crippen LogP contribution is 2.65. The van der Waals surface area contributed by atoms with Crippen molar-refractivity contribution in [2.24, 2.45) is 11.3 Å². The Kier molecular flexibility index (Phi) is 2.56. The molecule has 0 unspecified atom stereocenters. The summed E-state index contributed by atoms with van der Waals surface area (Å²) in [4.78, 5) is 11.2. The van der Waals surface area contributed by atoms with Crippen molar-refractivity contribution in [3.63, 3.8) is 0 Å². The summed E-state index contributed by atoms with van der Waals surface area (Å²) < 4.78 is 1.96. The molecule has 0 aromatic carbocycles. The van der Waals surface area contributed by atoms with Crippen molar-refractivity contribution in [1.29, 1.82) is 0 Å². The molecule has 2 atom stereocenters. The second kappa shape index (κ2) is 3.59. The molecular weight excluding hydrogens is 216 g/mol. The van der Waals surface area contributed by atoms with Crippen LogP contribution in [0, 0.1) is 25.2 Å². The van der Waals surface area contributed by atoms with Crippen LogP contribution < -0.4 is 0 Å². The van der Waals surface area contributed by atoms with Gasteiger partial charge >= 0.3 is 5.97 Å². The zero-order chi connectivity index (χ0) is 13.0. The second-order valence-corrected chi connectivity index (χ2v) is 5.52. The van der Waals surface area contributed by atoms with Gasteiger partial charge in [-0.3, -0.25) is 9.48 Å². The lowest BCUT2D eigenvalue weighted by Crippen LogP contribution is -2.03. The summed E-state index contributed by atoms with van der Waals surface area (Å²) in [5, 5.41) is 13.7.